The SMILES string of the molecule is CC(C)Cc1nnc(NC(=O)CCC(=O)N2C[C@H](C)C[C@H](C)C2)s1. The Hall–Kier alpha value is -1.50. The molecule has 2 atom stereocenters. The van der Waals surface area contributed by atoms with Crippen molar-refractivity contribution < 1.29 is 9.59 Å². The van der Waals surface area contributed by atoms with Gasteiger partial charge in [0.05, 0.1) is 0 Å². The van der Waals surface area contributed by atoms with Crippen molar-refractivity contribution >= 4 is 28.3 Å². The molecule has 2 amide bonds. The van der Waals surface area contributed by atoms with Crippen LogP contribution in [0, 0.1) is 17.8 Å². The van der Waals surface area contributed by atoms with E-state index in [0.717, 1.165) is 24.5 Å². The molecule has 0 spiro atoms. The van der Waals surface area contributed by atoms with Crippen molar-refractivity contribution in [3.63, 3.8) is 0 Å². The molecule has 2 heterocycles. The second-order valence-electron chi connectivity index (χ2n) is 7.39. The molecule has 2 rings (SSSR count). The monoisotopic (exact) mass is 352 g/mol. The Morgan fingerprint density at radius 3 is 2.50 bits per heavy atom. The van der Waals surface area contributed by atoms with Crippen LogP contribution in [-0.4, -0.2) is 40.0 Å². The van der Waals surface area contributed by atoms with Crippen LogP contribution >= 0.6 is 11.3 Å². The summed E-state index contributed by atoms with van der Waals surface area (Å²) in [6.07, 6.45) is 2.47. The maximum absolute atomic E-state index is 12.3. The number of hydrogen-bond donors (Lipinski definition) is 1. The normalized spacial score (nSPS) is 21.1. The van der Waals surface area contributed by atoms with Gasteiger partial charge < -0.3 is 10.2 Å². The number of anilines is 1. The highest BCUT2D eigenvalue weighted by molar-refractivity contribution is 7.15. The van der Waals surface area contributed by atoms with E-state index in [-0.39, 0.29) is 24.7 Å². The van der Waals surface area contributed by atoms with Gasteiger partial charge in [0, 0.05) is 32.4 Å². The topological polar surface area (TPSA) is 75.2 Å². The Bertz CT molecular complexity index is 563. The number of likely N-dealkylation sites (tertiary alicyclic amines) is 1. The molecule has 0 unspecified atom stereocenters. The molecule has 1 fully saturated rings. The van der Waals surface area contributed by atoms with Gasteiger partial charge in [-0.05, 0) is 24.2 Å². The lowest BCUT2D eigenvalue weighted by Crippen LogP contribution is -2.42. The van der Waals surface area contributed by atoms with Crippen molar-refractivity contribution in [1.29, 1.82) is 0 Å². The Balaban J connectivity index is 1.76. The quantitative estimate of drug-likeness (QED) is 0.854. The molecular weight excluding hydrogens is 324 g/mol. The first-order valence-electron chi connectivity index (χ1n) is 8.73. The maximum Gasteiger partial charge on any atom is 0.226 e. The molecule has 1 aliphatic rings. The summed E-state index contributed by atoms with van der Waals surface area (Å²) in [6, 6.07) is 0. The lowest BCUT2D eigenvalue weighted by Gasteiger charge is -2.35. The van der Waals surface area contributed by atoms with E-state index in [2.05, 4.69) is 43.2 Å². The Kier molecular flexibility index (Phi) is 6.71. The van der Waals surface area contributed by atoms with Gasteiger partial charge in [-0.25, -0.2) is 0 Å². The van der Waals surface area contributed by atoms with E-state index >= 15 is 0 Å². The number of carbonyl (C=O) groups excluding carboxylic acids is 2. The van der Waals surface area contributed by atoms with Crippen LogP contribution < -0.4 is 5.32 Å². The number of nitrogens with one attached hydrogen (secondary N) is 1. The zero-order valence-corrected chi connectivity index (χ0v) is 15.9. The highest BCUT2D eigenvalue weighted by atomic mass is 32.1. The third-order valence-corrected chi connectivity index (χ3v) is 4.94. The van der Waals surface area contributed by atoms with Crippen LogP contribution in [0.4, 0.5) is 5.13 Å². The number of aromatic nitrogens is 2. The summed E-state index contributed by atoms with van der Waals surface area (Å²) >= 11 is 1.40. The Morgan fingerprint density at radius 1 is 1.21 bits per heavy atom. The molecule has 0 aromatic carbocycles. The van der Waals surface area contributed by atoms with Crippen LogP contribution in [0.5, 0.6) is 0 Å². The fraction of sp³-hybridized carbons (Fsp3) is 0.765. The number of carbonyl (C=O) groups is 2. The second-order valence-corrected chi connectivity index (χ2v) is 8.45. The maximum atomic E-state index is 12.3. The average Bonchev–Trinajstić information content (AvgIpc) is 2.89. The van der Waals surface area contributed by atoms with Crippen molar-refractivity contribution in [2.24, 2.45) is 17.8 Å². The molecule has 134 valence electrons. The van der Waals surface area contributed by atoms with Crippen LogP contribution in [0.3, 0.4) is 0 Å². The largest absolute Gasteiger partial charge is 0.342 e. The van der Waals surface area contributed by atoms with Gasteiger partial charge in [0.25, 0.3) is 0 Å². The summed E-state index contributed by atoms with van der Waals surface area (Å²) in [4.78, 5) is 26.2. The van der Waals surface area contributed by atoms with Crippen LogP contribution in [0.25, 0.3) is 0 Å². The first-order valence-corrected chi connectivity index (χ1v) is 9.55. The lowest BCUT2D eigenvalue weighted by molar-refractivity contribution is -0.135. The predicted molar refractivity (Wildman–Crippen MR) is 95.8 cm³/mol. The van der Waals surface area contributed by atoms with Crippen LogP contribution in [0.1, 0.15) is 52.0 Å². The van der Waals surface area contributed by atoms with E-state index in [4.69, 9.17) is 0 Å². The lowest BCUT2D eigenvalue weighted by atomic mass is 9.91. The highest BCUT2D eigenvalue weighted by Gasteiger charge is 2.25. The van der Waals surface area contributed by atoms with E-state index in [0.29, 0.717) is 22.9 Å². The van der Waals surface area contributed by atoms with Gasteiger partial charge >= 0.3 is 0 Å². The zero-order chi connectivity index (χ0) is 17.7. The van der Waals surface area contributed by atoms with Gasteiger partial charge in [-0.15, -0.1) is 10.2 Å². The van der Waals surface area contributed by atoms with Gasteiger partial charge in [0.1, 0.15) is 5.01 Å². The molecule has 0 bridgehead atoms. The molecular formula is C17H28N4O2S. The van der Waals surface area contributed by atoms with Gasteiger partial charge in [-0.1, -0.05) is 39.0 Å². The minimum Gasteiger partial charge on any atom is -0.342 e. The summed E-state index contributed by atoms with van der Waals surface area (Å²) < 4.78 is 0. The molecule has 1 aliphatic heterocycles. The van der Waals surface area contributed by atoms with Crippen molar-refractivity contribution in [2.45, 2.75) is 53.4 Å². The van der Waals surface area contributed by atoms with Crippen molar-refractivity contribution in [2.75, 3.05) is 18.4 Å². The van der Waals surface area contributed by atoms with Crippen molar-refractivity contribution in [3.05, 3.63) is 5.01 Å². The molecule has 0 aliphatic carbocycles. The average molecular weight is 353 g/mol. The van der Waals surface area contributed by atoms with Gasteiger partial charge in [-0.2, -0.15) is 0 Å². The molecule has 0 saturated carbocycles. The number of nitrogens with zero attached hydrogens (tertiary/aromatic N) is 3. The Labute approximate surface area is 148 Å². The molecule has 1 aromatic rings. The summed E-state index contributed by atoms with van der Waals surface area (Å²) in [7, 11) is 0. The summed E-state index contributed by atoms with van der Waals surface area (Å²) in [5.41, 5.74) is 0. The van der Waals surface area contributed by atoms with E-state index in [1.807, 2.05) is 4.90 Å². The molecule has 24 heavy (non-hydrogen) atoms. The standard InChI is InChI=1S/C17H28N4O2S/c1-11(2)7-15-19-20-17(24-15)18-14(22)5-6-16(23)21-9-12(3)8-13(4)10-21/h11-13H,5-10H2,1-4H3,(H,18,20,22)/t12-,13+. The highest BCUT2D eigenvalue weighted by Crippen LogP contribution is 2.22. The number of amides is 2. The summed E-state index contributed by atoms with van der Waals surface area (Å²) in [5.74, 6) is 1.48. The molecule has 1 saturated heterocycles. The zero-order valence-electron chi connectivity index (χ0n) is 15.0. The smallest absolute Gasteiger partial charge is 0.226 e. The fourth-order valence-electron chi connectivity index (χ4n) is 3.16. The van der Waals surface area contributed by atoms with Gasteiger partial charge in [0.2, 0.25) is 16.9 Å². The third-order valence-electron chi connectivity index (χ3n) is 4.08. The van der Waals surface area contributed by atoms with Crippen molar-refractivity contribution in [1.82, 2.24) is 15.1 Å². The predicted octanol–water partition coefficient (Wildman–Crippen LogP) is 2.96. The van der Waals surface area contributed by atoms with Gasteiger partial charge in [-0.3, -0.25) is 9.59 Å². The second kappa shape index (κ2) is 8.55. The minimum absolute atomic E-state index is 0.0707. The van der Waals surface area contributed by atoms with Crippen LogP contribution in [-0.2, 0) is 16.0 Å². The molecule has 6 nitrogen and oxygen atoms in total. The van der Waals surface area contributed by atoms with Crippen molar-refractivity contribution in [3.8, 4) is 0 Å². The molecule has 1 aromatic heterocycles. The molecule has 1 N–H and O–H groups in total. The first kappa shape index (κ1) is 18.8. The van der Waals surface area contributed by atoms with E-state index in [1.165, 1.54) is 17.8 Å². The molecule has 7 heteroatoms. The third kappa shape index (κ3) is 5.85. The van der Waals surface area contributed by atoms with E-state index in [9.17, 15) is 9.59 Å². The summed E-state index contributed by atoms with van der Waals surface area (Å²) in [5, 5.41) is 12.2. The van der Waals surface area contributed by atoms with Crippen LogP contribution in [0.2, 0.25) is 0 Å². The number of rotatable bonds is 6. The minimum atomic E-state index is -0.172. The first-order chi connectivity index (χ1) is 11.3. The summed E-state index contributed by atoms with van der Waals surface area (Å²) in [6.45, 7) is 10.2. The number of piperidine rings is 1. The molecule has 0 radical (unpaired) electrons. The van der Waals surface area contributed by atoms with E-state index < -0.39 is 0 Å². The number of hydrogen-bond acceptors (Lipinski definition) is 5. The van der Waals surface area contributed by atoms with Gasteiger partial charge in [0.15, 0.2) is 0 Å². The van der Waals surface area contributed by atoms with E-state index in [1.54, 1.807) is 0 Å². The van der Waals surface area contributed by atoms with Crippen LogP contribution in [0.15, 0.2) is 0 Å². The Morgan fingerprint density at radius 2 is 1.88 bits per heavy atom. The fourth-order valence-corrected chi connectivity index (χ4v) is 4.13.